The van der Waals surface area contributed by atoms with Crippen LogP contribution in [0.15, 0.2) is 400 Å². The third kappa shape index (κ3) is 12.2. The van der Waals surface area contributed by atoms with Crippen molar-refractivity contribution in [3.63, 3.8) is 0 Å². The van der Waals surface area contributed by atoms with Gasteiger partial charge in [-0.25, -0.2) is 29.9 Å². The largest absolute Gasteiger partial charge is 0.309 e. The second-order valence-corrected chi connectivity index (χ2v) is 26.5. The Morgan fingerprint density at radius 2 is 0.509 bits per heavy atom. The van der Waals surface area contributed by atoms with E-state index >= 15 is 0 Å². The van der Waals surface area contributed by atoms with Crippen molar-refractivity contribution in [2.24, 2.45) is 0 Å². The van der Waals surface area contributed by atoms with Crippen molar-refractivity contribution >= 4 is 54.4 Å². The first-order valence-corrected chi connectivity index (χ1v) is 36.0. The smallest absolute Gasteiger partial charge is 0.164 e. The molecular weight excluding hydrogens is 1310 g/mol. The topological polar surface area (TPSA) is 87.2 Å². The van der Waals surface area contributed by atoms with Crippen LogP contribution in [0.2, 0.25) is 0 Å². The van der Waals surface area contributed by atoms with Crippen LogP contribution in [-0.2, 0) is 0 Å². The minimum absolute atomic E-state index is 0.0129. The fourth-order valence-corrected chi connectivity index (χ4v) is 15.0. The van der Waals surface area contributed by atoms with E-state index in [4.69, 9.17) is 36.8 Å². The van der Waals surface area contributed by atoms with Crippen molar-refractivity contribution in [2.45, 2.75) is 0 Å². The zero-order valence-corrected chi connectivity index (χ0v) is 58.3. The quantitative estimate of drug-likeness (QED) is 0.114. The van der Waals surface area contributed by atoms with Gasteiger partial charge >= 0.3 is 0 Å². The molecule has 20 aromatic rings. The van der Waals surface area contributed by atoms with Gasteiger partial charge in [-0.15, -0.1) is 0 Å². The summed E-state index contributed by atoms with van der Waals surface area (Å²) < 4.78 is 47.4. The minimum Gasteiger partial charge on any atom is -0.309 e. The highest BCUT2D eigenvalue weighted by molar-refractivity contribution is 6.11. The Kier molecular flexibility index (Phi) is 15.4. The maximum atomic E-state index is 8.83. The van der Waals surface area contributed by atoms with Crippen LogP contribution in [0.1, 0.15) is 6.85 Å². The zero-order valence-electron chi connectivity index (χ0n) is 63.3. The summed E-state index contributed by atoms with van der Waals surface area (Å²) in [5, 5.41) is 7.04. The highest BCUT2D eigenvalue weighted by atomic mass is 15.1. The fraction of sp³-hybridized carbons (Fsp3) is 0. The summed E-state index contributed by atoms with van der Waals surface area (Å²) in [6.07, 6.45) is 0. The van der Waals surface area contributed by atoms with Crippen molar-refractivity contribution in [1.29, 1.82) is 0 Å². The molecule has 0 aliphatic heterocycles. The maximum Gasteiger partial charge on any atom is 0.164 e. The first-order valence-electron chi connectivity index (χ1n) is 38.5. The number of benzene rings is 16. The van der Waals surface area contributed by atoms with Crippen LogP contribution >= 0.6 is 0 Å². The number of hydrogen-bond acceptors (Lipinski definition) is 6. The third-order valence-electron chi connectivity index (χ3n) is 20.1. The van der Waals surface area contributed by atoms with Gasteiger partial charge in [0.1, 0.15) is 0 Å². The van der Waals surface area contributed by atoms with Gasteiger partial charge in [-0.2, -0.15) is 0 Å². The van der Waals surface area contributed by atoms with Crippen molar-refractivity contribution in [3.05, 3.63) is 400 Å². The van der Waals surface area contributed by atoms with Crippen molar-refractivity contribution < 1.29 is 6.85 Å². The molecule has 0 spiro atoms. The molecule has 0 aliphatic carbocycles. The summed E-state index contributed by atoms with van der Waals surface area (Å²) in [4.78, 5) is 30.4. The SMILES string of the molecule is [2H]c1c([2H])c([2H])c(-c2nc(-c3ccc(-c4cccc(-n5c6ccccc6c6ccccc65)c4)cc3)nc(-c3ccccc3-c3ccccc3-c3ccccc3)n2)c([2H])c1[2H].c1ccc(-c2ccc(-c3ccccc3-c3nc(-c4ccccc4)nc(-c4cc(-n5c6ccccc6c6ccccc65)cc5ccccc45)n3)cc2)cc1. The average molecular weight is 1380 g/mol. The number of nitrogens with zero attached hydrogens (tertiary/aromatic N) is 8. The number of para-hydroxylation sites is 4. The van der Waals surface area contributed by atoms with E-state index in [1.54, 1.807) is 0 Å². The molecule has 506 valence electrons. The summed E-state index contributed by atoms with van der Waals surface area (Å²) in [5.41, 5.74) is 21.3. The van der Waals surface area contributed by atoms with E-state index in [2.05, 4.69) is 276 Å². The predicted molar refractivity (Wildman–Crippen MR) is 446 cm³/mol. The van der Waals surface area contributed by atoms with E-state index in [0.29, 0.717) is 40.2 Å². The van der Waals surface area contributed by atoms with Gasteiger partial charge in [0.05, 0.1) is 28.9 Å². The molecule has 0 atom stereocenters. The predicted octanol–water partition coefficient (Wildman–Crippen LogP) is 25.4. The van der Waals surface area contributed by atoms with Crippen LogP contribution in [0.5, 0.6) is 0 Å². The van der Waals surface area contributed by atoms with Gasteiger partial charge in [-0.05, 0) is 115 Å². The minimum atomic E-state index is -0.482. The van der Waals surface area contributed by atoms with E-state index in [-0.39, 0.29) is 23.5 Å². The summed E-state index contributed by atoms with van der Waals surface area (Å²) in [6, 6.07) is 125. The number of hydrogen-bond donors (Lipinski definition) is 0. The Morgan fingerprint density at radius 1 is 0.185 bits per heavy atom. The molecule has 8 nitrogen and oxygen atoms in total. The van der Waals surface area contributed by atoms with E-state index in [9.17, 15) is 0 Å². The van der Waals surface area contributed by atoms with Crippen LogP contribution in [0, 0.1) is 0 Å². The van der Waals surface area contributed by atoms with Crippen LogP contribution in [-0.4, -0.2) is 39.0 Å². The lowest BCUT2D eigenvalue weighted by Crippen LogP contribution is -2.02. The number of aromatic nitrogens is 8. The number of rotatable bonds is 13. The van der Waals surface area contributed by atoms with E-state index in [1.807, 2.05) is 103 Å². The van der Waals surface area contributed by atoms with Crippen LogP contribution in [0.25, 0.3) is 190 Å². The molecule has 16 aromatic carbocycles. The fourth-order valence-electron chi connectivity index (χ4n) is 15.0. The van der Waals surface area contributed by atoms with Gasteiger partial charge in [0.15, 0.2) is 34.9 Å². The molecule has 0 bridgehead atoms. The molecule has 0 fully saturated rings. The van der Waals surface area contributed by atoms with Crippen molar-refractivity contribution in [3.8, 4) is 135 Å². The van der Waals surface area contributed by atoms with Gasteiger partial charge in [0.25, 0.3) is 0 Å². The lowest BCUT2D eigenvalue weighted by molar-refractivity contribution is 1.07. The van der Waals surface area contributed by atoms with Gasteiger partial charge in [-0.1, -0.05) is 352 Å². The second kappa shape index (κ2) is 28.2. The van der Waals surface area contributed by atoms with Crippen LogP contribution < -0.4 is 0 Å². The molecule has 4 aromatic heterocycles. The average Bonchev–Trinajstić information content (AvgIpc) is 1.61. The molecule has 0 saturated carbocycles. The Morgan fingerprint density at radius 3 is 1.06 bits per heavy atom. The molecule has 20 rings (SSSR count). The first kappa shape index (κ1) is 58.9. The van der Waals surface area contributed by atoms with E-state index < -0.39 is 18.1 Å². The second-order valence-electron chi connectivity index (χ2n) is 26.5. The van der Waals surface area contributed by atoms with Gasteiger partial charge < -0.3 is 9.13 Å². The molecule has 0 aliphatic rings. The summed E-state index contributed by atoms with van der Waals surface area (Å²) in [7, 11) is 0. The summed E-state index contributed by atoms with van der Waals surface area (Å²) in [6.45, 7) is 0. The molecule has 0 radical (unpaired) electrons. The molecule has 0 amide bonds. The highest BCUT2D eigenvalue weighted by Crippen LogP contribution is 2.42. The molecule has 0 unspecified atom stereocenters. The standard InChI is InChI=1S/C51H34N4.C49H32N4/c1-3-16-36(17-4-1)41-22-7-8-23-42(41)43-24-9-10-27-46(43)51-53-49(37-18-5-2-6-19-37)52-50(54-51)38-32-30-35(31-33-38)39-20-15-21-40(34-39)55-47-28-13-11-25-44(47)45-26-12-14-29-48(45)55;1-3-15-33(16-4-1)34-27-29-35(30-28-34)39-20-9-10-24-43(39)48-50-47(36-17-5-2-6-18-36)51-49(52-48)44-32-38(31-37-19-7-8-21-40(37)44)53-45-25-13-11-22-41(45)42-23-12-14-26-46(42)53/h1-34H;1-32H/i2D,5D,6D,18D,19D;. The van der Waals surface area contributed by atoms with Gasteiger partial charge in [0.2, 0.25) is 0 Å². The van der Waals surface area contributed by atoms with Crippen LogP contribution in [0.4, 0.5) is 0 Å². The monoisotopic (exact) mass is 1380 g/mol. The maximum absolute atomic E-state index is 8.83. The highest BCUT2D eigenvalue weighted by Gasteiger charge is 2.23. The van der Waals surface area contributed by atoms with E-state index in [0.717, 1.165) is 105 Å². The van der Waals surface area contributed by atoms with Gasteiger partial charge in [0, 0.05) is 66.3 Å². The molecule has 0 N–H and O–H groups in total. The molecule has 108 heavy (non-hydrogen) atoms. The Labute approximate surface area is 632 Å². The van der Waals surface area contributed by atoms with Crippen molar-refractivity contribution in [2.75, 3.05) is 0 Å². The number of fused-ring (bicyclic) bond motifs is 7. The zero-order chi connectivity index (χ0) is 76.0. The first-order chi connectivity index (χ1) is 55.6. The van der Waals surface area contributed by atoms with E-state index in [1.165, 1.54) is 32.7 Å². The Balaban J connectivity index is 0.000000153. The molecule has 4 heterocycles. The third-order valence-corrected chi connectivity index (χ3v) is 20.1. The molecule has 8 heteroatoms. The summed E-state index contributed by atoms with van der Waals surface area (Å²) >= 11 is 0. The lowest BCUT2D eigenvalue weighted by atomic mass is 9.91. The normalized spacial score (nSPS) is 12.0. The Bertz CT molecular complexity index is 6910. The van der Waals surface area contributed by atoms with Crippen molar-refractivity contribution in [1.82, 2.24) is 39.0 Å². The van der Waals surface area contributed by atoms with Gasteiger partial charge in [-0.3, -0.25) is 0 Å². The molecular formula is C100H66N8. The Hall–Kier alpha value is -14.6. The molecule has 0 saturated heterocycles. The lowest BCUT2D eigenvalue weighted by Gasteiger charge is -2.15. The van der Waals surface area contributed by atoms with Crippen LogP contribution in [0.3, 0.4) is 0 Å². The summed E-state index contributed by atoms with van der Waals surface area (Å²) in [5.74, 6) is 2.49.